The molecule has 0 spiro atoms. The molecule has 0 amide bonds. The van der Waals surface area contributed by atoms with E-state index in [0.717, 1.165) is 0 Å². The zero-order valence-corrected chi connectivity index (χ0v) is 17.7. The van der Waals surface area contributed by atoms with E-state index >= 15 is 0 Å². The second kappa shape index (κ2) is 8.77. The van der Waals surface area contributed by atoms with E-state index < -0.39 is 15.6 Å². The minimum Gasteiger partial charge on any atom is -0.491 e. The maximum atomic E-state index is 13.0. The van der Waals surface area contributed by atoms with Crippen LogP contribution in [-0.2, 0) is 10.0 Å². The number of para-hydroxylation sites is 1. The normalized spacial score (nSPS) is 16.0. The van der Waals surface area contributed by atoms with Crippen molar-refractivity contribution in [2.45, 2.75) is 4.90 Å². The van der Waals surface area contributed by atoms with Crippen LogP contribution in [0.4, 0.5) is 0 Å². The summed E-state index contributed by atoms with van der Waals surface area (Å²) in [6.07, 6.45) is 0. The minimum absolute atomic E-state index is 0.194. The van der Waals surface area contributed by atoms with Gasteiger partial charge in [0.25, 0.3) is 0 Å². The molecule has 9 heteroatoms. The average molecular weight is 449 g/mol. The molecule has 4 rings (SSSR count). The zero-order chi connectivity index (χ0) is 21.1. The molecule has 30 heavy (non-hydrogen) atoms. The fraction of sp³-hybridized carbons (Fsp3) is 0.286. The molecule has 2 aromatic carbocycles. The van der Waals surface area contributed by atoms with Crippen LogP contribution < -0.4 is 10.4 Å². The van der Waals surface area contributed by atoms with E-state index in [9.17, 15) is 13.2 Å². The van der Waals surface area contributed by atoms with Crippen LogP contribution in [0.1, 0.15) is 0 Å². The van der Waals surface area contributed by atoms with Gasteiger partial charge in [0, 0.05) is 44.2 Å². The van der Waals surface area contributed by atoms with Gasteiger partial charge >= 0.3 is 5.63 Å². The van der Waals surface area contributed by atoms with Crippen LogP contribution in [0, 0.1) is 0 Å². The highest BCUT2D eigenvalue weighted by atomic mass is 35.5. The van der Waals surface area contributed by atoms with Crippen molar-refractivity contribution in [2.24, 2.45) is 0 Å². The molecule has 2 heterocycles. The van der Waals surface area contributed by atoms with E-state index in [2.05, 4.69) is 4.90 Å². The van der Waals surface area contributed by atoms with Crippen LogP contribution in [0.15, 0.2) is 68.7 Å². The van der Waals surface area contributed by atoms with E-state index in [1.165, 1.54) is 28.6 Å². The highest BCUT2D eigenvalue weighted by molar-refractivity contribution is 7.89. The SMILES string of the molecule is O=c1ccc2cc(S(=O)(=O)N3CCN(CCOc4ccccc4Cl)CC3)ccc2o1. The quantitative estimate of drug-likeness (QED) is 0.539. The molecule has 0 unspecified atom stereocenters. The Hall–Kier alpha value is -2.39. The van der Waals surface area contributed by atoms with Crippen LogP contribution in [-0.4, -0.2) is 57.0 Å². The third kappa shape index (κ3) is 4.52. The van der Waals surface area contributed by atoms with Crippen molar-refractivity contribution in [1.29, 1.82) is 0 Å². The summed E-state index contributed by atoms with van der Waals surface area (Å²) in [6, 6.07) is 14.7. The van der Waals surface area contributed by atoms with Crippen LogP contribution in [0.2, 0.25) is 5.02 Å². The summed E-state index contributed by atoms with van der Waals surface area (Å²) < 4.78 is 38.3. The fourth-order valence-corrected chi connectivity index (χ4v) is 5.05. The number of hydrogen-bond donors (Lipinski definition) is 0. The van der Waals surface area contributed by atoms with Crippen LogP contribution in [0.25, 0.3) is 11.0 Å². The van der Waals surface area contributed by atoms with E-state index in [1.54, 1.807) is 12.1 Å². The van der Waals surface area contributed by atoms with Gasteiger partial charge in [0.05, 0.1) is 9.92 Å². The van der Waals surface area contributed by atoms with E-state index in [4.69, 9.17) is 20.8 Å². The predicted octanol–water partition coefficient (Wildman–Crippen LogP) is 2.83. The first kappa shape index (κ1) is 20.9. The molecule has 1 saturated heterocycles. The Labute approximate surface area is 179 Å². The second-order valence-corrected chi connectivity index (χ2v) is 9.32. The summed E-state index contributed by atoms with van der Waals surface area (Å²) >= 11 is 6.08. The largest absolute Gasteiger partial charge is 0.491 e. The van der Waals surface area contributed by atoms with E-state index in [0.29, 0.717) is 61.1 Å². The lowest BCUT2D eigenvalue weighted by Crippen LogP contribution is -2.49. The highest BCUT2D eigenvalue weighted by Crippen LogP contribution is 2.24. The topological polar surface area (TPSA) is 80.1 Å². The monoisotopic (exact) mass is 448 g/mol. The van der Waals surface area contributed by atoms with Gasteiger partial charge in [0.15, 0.2) is 0 Å². The number of sulfonamides is 1. The number of piperazine rings is 1. The molecular weight excluding hydrogens is 428 g/mol. The maximum Gasteiger partial charge on any atom is 0.336 e. The Balaban J connectivity index is 1.35. The fourth-order valence-electron chi connectivity index (χ4n) is 3.40. The summed E-state index contributed by atoms with van der Waals surface area (Å²) in [5, 5.41) is 1.15. The van der Waals surface area contributed by atoms with E-state index in [-0.39, 0.29) is 4.90 Å². The molecule has 0 atom stereocenters. The zero-order valence-electron chi connectivity index (χ0n) is 16.2. The lowest BCUT2D eigenvalue weighted by atomic mass is 10.2. The van der Waals surface area contributed by atoms with E-state index in [1.807, 2.05) is 18.2 Å². The Bertz CT molecular complexity index is 1200. The van der Waals surface area contributed by atoms with Crippen LogP contribution in [0.5, 0.6) is 5.75 Å². The number of ether oxygens (including phenoxy) is 1. The third-order valence-electron chi connectivity index (χ3n) is 5.06. The maximum absolute atomic E-state index is 13.0. The van der Waals surface area contributed by atoms with Gasteiger partial charge in [-0.05, 0) is 36.4 Å². The van der Waals surface area contributed by atoms with Crippen molar-refractivity contribution in [3.63, 3.8) is 0 Å². The molecule has 0 N–H and O–H groups in total. The molecule has 0 saturated carbocycles. The summed E-state index contributed by atoms with van der Waals surface area (Å²) in [5.74, 6) is 0.646. The number of fused-ring (bicyclic) bond motifs is 1. The molecule has 1 fully saturated rings. The van der Waals surface area contributed by atoms with Gasteiger partial charge in [-0.2, -0.15) is 4.31 Å². The molecule has 0 aliphatic carbocycles. The molecule has 0 radical (unpaired) electrons. The van der Waals surface area contributed by atoms with Gasteiger partial charge in [-0.15, -0.1) is 0 Å². The second-order valence-electron chi connectivity index (χ2n) is 6.98. The molecule has 0 bridgehead atoms. The summed E-state index contributed by atoms with van der Waals surface area (Å²) in [6.45, 7) is 3.20. The number of halogens is 1. The van der Waals surface area contributed by atoms with Gasteiger partial charge < -0.3 is 9.15 Å². The third-order valence-corrected chi connectivity index (χ3v) is 7.27. The van der Waals surface area contributed by atoms with Gasteiger partial charge in [-0.1, -0.05) is 23.7 Å². The van der Waals surface area contributed by atoms with Crippen molar-refractivity contribution < 1.29 is 17.6 Å². The summed E-state index contributed by atoms with van der Waals surface area (Å²) in [5.41, 5.74) is -0.0995. The highest BCUT2D eigenvalue weighted by Gasteiger charge is 2.28. The van der Waals surface area contributed by atoms with Crippen LogP contribution in [0.3, 0.4) is 0 Å². The Morgan fingerprint density at radius 2 is 1.77 bits per heavy atom. The van der Waals surface area contributed by atoms with Crippen molar-refractivity contribution in [1.82, 2.24) is 9.21 Å². The molecule has 1 aliphatic rings. The Kier molecular flexibility index (Phi) is 6.10. The van der Waals surface area contributed by atoms with Gasteiger partial charge in [0.1, 0.15) is 17.9 Å². The van der Waals surface area contributed by atoms with Gasteiger partial charge in [-0.25, -0.2) is 13.2 Å². The van der Waals surface area contributed by atoms with Gasteiger partial charge in [0.2, 0.25) is 10.0 Å². The standard InChI is InChI=1S/C21H21ClN2O5S/c22-18-3-1-2-4-20(18)28-14-13-23-9-11-24(12-10-23)30(26,27)17-6-7-19-16(15-17)5-8-21(25)29-19/h1-8,15H,9-14H2. The Morgan fingerprint density at radius 3 is 2.53 bits per heavy atom. The molecule has 158 valence electrons. The molecule has 3 aromatic rings. The molecule has 1 aliphatic heterocycles. The lowest BCUT2D eigenvalue weighted by Gasteiger charge is -2.33. The molecule has 7 nitrogen and oxygen atoms in total. The number of hydrogen-bond acceptors (Lipinski definition) is 6. The van der Waals surface area contributed by atoms with Crippen molar-refractivity contribution >= 4 is 32.6 Å². The summed E-state index contributed by atoms with van der Waals surface area (Å²) in [7, 11) is -3.62. The molecule has 1 aromatic heterocycles. The van der Waals surface area contributed by atoms with Crippen molar-refractivity contribution in [3.05, 3.63) is 70.0 Å². The average Bonchev–Trinajstić information content (AvgIpc) is 2.75. The number of rotatable bonds is 6. The van der Waals surface area contributed by atoms with Gasteiger partial charge in [-0.3, -0.25) is 4.90 Å². The first-order valence-corrected chi connectivity index (χ1v) is 11.4. The van der Waals surface area contributed by atoms with Crippen molar-refractivity contribution in [2.75, 3.05) is 39.3 Å². The number of benzene rings is 2. The number of nitrogens with zero attached hydrogens (tertiary/aromatic N) is 2. The Morgan fingerprint density at radius 1 is 1.00 bits per heavy atom. The predicted molar refractivity (Wildman–Crippen MR) is 115 cm³/mol. The first-order chi connectivity index (χ1) is 14.4. The minimum atomic E-state index is -3.62. The summed E-state index contributed by atoms with van der Waals surface area (Å²) in [4.78, 5) is 13.7. The van der Waals surface area contributed by atoms with Crippen LogP contribution >= 0.6 is 11.6 Å². The van der Waals surface area contributed by atoms with Crippen molar-refractivity contribution in [3.8, 4) is 5.75 Å². The molecular formula is C21H21ClN2O5S. The first-order valence-electron chi connectivity index (χ1n) is 9.57. The smallest absolute Gasteiger partial charge is 0.336 e. The lowest BCUT2D eigenvalue weighted by molar-refractivity contribution is 0.159.